The van der Waals surface area contributed by atoms with E-state index < -0.39 is 6.04 Å². The Morgan fingerprint density at radius 3 is 2.78 bits per heavy atom. The van der Waals surface area contributed by atoms with Crippen molar-refractivity contribution in [1.29, 1.82) is 0 Å². The number of thiophene rings is 1. The van der Waals surface area contributed by atoms with E-state index in [9.17, 15) is 19.2 Å². The standard InChI is InChI=1S/C23H24ClN3O4S/c1-13-5-6-14(7-18(13)24)9-25-23(31)26-10-15-12-32-21-17(15)11-27(22(21)30)19-4-2-3-16(28)8-20(19)29/h5-7,12,19H,2-4,8-11H2,1H3,(H2,25,26,31). The van der Waals surface area contributed by atoms with Crippen LogP contribution in [-0.2, 0) is 29.2 Å². The number of hydrogen-bond donors (Lipinski definition) is 2. The summed E-state index contributed by atoms with van der Waals surface area (Å²) < 4.78 is 0. The van der Waals surface area contributed by atoms with Crippen molar-refractivity contribution in [2.24, 2.45) is 0 Å². The van der Waals surface area contributed by atoms with Crippen LogP contribution >= 0.6 is 22.9 Å². The molecule has 2 heterocycles. The molecule has 0 bridgehead atoms. The molecule has 168 valence electrons. The van der Waals surface area contributed by atoms with Crippen molar-refractivity contribution in [2.45, 2.75) is 58.3 Å². The Balaban J connectivity index is 1.35. The van der Waals surface area contributed by atoms with Gasteiger partial charge in [0.25, 0.3) is 5.91 Å². The van der Waals surface area contributed by atoms with E-state index in [1.165, 1.54) is 11.3 Å². The van der Waals surface area contributed by atoms with E-state index in [2.05, 4.69) is 10.6 Å². The van der Waals surface area contributed by atoms with E-state index in [1.54, 1.807) is 4.90 Å². The predicted octanol–water partition coefficient (Wildman–Crippen LogP) is 3.75. The second kappa shape index (κ2) is 9.42. The van der Waals surface area contributed by atoms with Gasteiger partial charge in [-0.3, -0.25) is 14.4 Å². The van der Waals surface area contributed by atoms with Crippen molar-refractivity contribution < 1.29 is 19.2 Å². The third-order valence-electron chi connectivity index (χ3n) is 5.95. The van der Waals surface area contributed by atoms with E-state index in [4.69, 9.17) is 11.6 Å². The first kappa shape index (κ1) is 22.5. The molecule has 1 aliphatic heterocycles. The molecule has 0 saturated heterocycles. The summed E-state index contributed by atoms with van der Waals surface area (Å²) in [5, 5.41) is 8.16. The highest BCUT2D eigenvalue weighted by Gasteiger charge is 2.39. The lowest BCUT2D eigenvalue weighted by Gasteiger charge is -2.25. The number of carbonyl (C=O) groups excluding carboxylic acids is 4. The molecule has 1 aromatic carbocycles. The number of aryl methyl sites for hydroxylation is 1. The number of benzene rings is 1. The summed E-state index contributed by atoms with van der Waals surface area (Å²) in [7, 11) is 0. The Morgan fingerprint density at radius 2 is 2.00 bits per heavy atom. The quantitative estimate of drug-likeness (QED) is 0.510. The van der Waals surface area contributed by atoms with Crippen molar-refractivity contribution >= 4 is 46.4 Å². The van der Waals surface area contributed by atoms with Crippen molar-refractivity contribution in [3.63, 3.8) is 0 Å². The van der Waals surface area contributed by atoms with E-state index >= 15 is 0 Å². The molecule has 7 nitrogen and oxygen atoms in total. The molecule has 2 N–H and O–H groups in total. The minimum atomic E-state index is -0.543. The fourth-order valence-electron chi connectivity index (χ4n) is 4.09. The number of carbonyl (C=O) groups is 4. The zero-order valence-electron chi connectivity index (χ0n) is 17.7. The Morgan fingerprint density at radius 1 is 1.22 bits per heavy atom. The maximum absolute atomic E-state index is 12.9. The van der Waals surface area contributed by atoms with Crippen LogP contribution < -0.4 is 10.6 Å². The van der Waals surface area contributed by atoms with Crippen molar-refractivity contribution in [1.82, 2.24) is 15.5 Å². The monoisotopic (exact) mass is 473 g/mol. The van der Waals surface area contributed by atoms with E-state index in [1.807, 2.05) is 30.5 Å². The fraction of sp³-hybridized carbons (Fsp3) is 0.391. The molecule has 1 fully saturated rings. The lowest BCUT2D eigenvalue weighted by atomic mass is 10.1. The van der Waals surface area contributed by atoms with Gasteiger partial charge in [-0.2, -0.15) is 0 Å². The number of rotatable bonds is 5. The van der Waals surface area contributed by atoms with E-state index in [0.29, 0.717) is 42.3 Å². The second-order valence-electron chi connectivity index (χ2n) is 8.21. The minimum absolute atomic E-state index is 0.0530. The van der Waals surface area contributed by atoms with Crippen LogP contribution in [0.25, 0.3) is 0 Å². The molecule has 2 aromatic rings. The van der Waals surface area contributed by atoms with Crippen molar-refractivity contribution in [2.75, 3.05) is 0 Å². The number of nitrogens with zero attached hydrogens (tertiary/aromatic N) is 1. The van der Waals surface area contributed by atoms with Gasteiger partial charge < -0.3 is 15.5 Å². The van der Waals surface area contributed by atoms with Crippen LogP contribution in [0.5, 0.6) is 0 Å². The maximum atomic E-state index is 12.9. The molecular weight excluding hydrogens is 450 g/mol. The third kappa shape index (κ3) is 4.71. The van der Waals surface area contributed by atoms with Gasteiger partial charge in [0.05, 0.1) is 17.3 Å². The van der Waals surface area contributed by atoms with Crippen LogP contribution in [0.3, 0.4) is 0 Å². The molecule has 1 unspecified atom stereocenters. The molecule has 1 aromatic heterocycles. The Kier molecular flexibility index (Phi) is 6.62. The highest BCUT2D eigenvalue weighted by atomic mass is 35.5. The summed E-state index contributed by atoms with van der Waals surface area (Å²) in [6.45, 7) is 2.89. The molecule has 1 saturated carbocycles. The highest BCUT2D eigenvalue weighted by molar-refractivity contribution is 7.12. The molecule has 1 aliphatic carbocycles. The van der Waals surface area contributed by atoms with Gasteiger partial charge >= 0.3 is 6.03 Å². The second-order valence-corrected chi connectivity index (χ2v) is 9.50. The summed E-state index contributed by atoms with van der Waals surface area (Å²) >= 11 is 7.45. The number of hydrogen-bond acceptors (Lipinski definition) is 5. The summed E-state index contributed by atoms with van der Waals surface area (Å²) in [5.74, 6) is -0.390. The highest BCUT2D eigenvalue weighted by Crippen LogP contribution is 2.34. The molecule has 0 radical (unpaired) electrons. The minimum Gasteiger partial charge on any atom is -0.334 e. The number of fused-ring (bicyclic) bond motifs is 1. The summed E-state index contributed by atoms with van der Waals surface area (Å²) in [4.78, 5) is 51.5. The first-order valence-corrected chi connectivity index (χ1v) is 11.8. The smallest absolute Gasteiger partial charge is 0.315 e. The molecular formula is C23H24ClN3O4S. The average Bonchev–Trinajstić information content (AvgIpc) is 3.24. The van der Waals surface area contributed by atoms with Crippen LogP contribution in [0.1, 0.15) is 57.6 Å². The largest absolute Gasteiger partial charge is 0.334 e. The van der Waals surface area contributed by atoms with Crippen LogP contribution in [0, 0.1) is 6.92 Å². The summed E-state index contributed by atoms with van der Waals surface area (Å²) in [6.07, 6.45) is 1.44. The number of nitrogens with one attached hydrogen (secondary N) is 2. The van der Waals surface area contributed by atoms with Crippen LogP contribution in [0.4, 0.5) is 4.79 Å². The Bertz CT molecular complexity index is 1100. The van der Waals surface area contributed by atoms with Gasteiger partial charge in [-0.15, -0.1) is 11.3 Å². The van der Waals surface area contributed by atoms with Gasteiger partial charge in [-0.1, -0.05) is 23.7 Å². The summed E-state index contributed by atoms with van der Waals surface area (Å²) in [6, 6.07) is 4.78. The Labute approximate surface area is 195 Å². The number of halogens is 1. The molecule has 4 rings (SSSR count). The number of urea groups is 1. The lowest BCUT2D eigenvalue weighted by Crippen LogP contribution is -2.41. The van der Waals surface area contributed by atoms with Crippen LogP contribution in [0.2, 0.25) is 5.02 Å². The van der Waals surface area contributed by atoms with Crippen molar-refractivity contribution in [3.05, 3.63) is 55.7 Å². The zero-order chi connectivity index (χ0) is 22.8. The average molecular weight is 474 g/mol. The first-order valence-electron chi connectivity index (χ1n) is 10.5. The van der Waals surface area contributed by atoms with Gasteiger partial charge in [-0.25, -0.2) is 4.79 Å². The first-order chi connectivity index (χ1) is 15.3. The summed E-state index contributed by atoms with van der Waals surface area (Å²) in [5.41, 5.74) is 3.60. The number of amides is 3. The topological polar surface area (TPSA) is 95.6 Å². The molecule has 3 amide bonds. The van der Waals surface area contributed by atoms with Crippen molar-refractivity contribution in [3.8, 4) is 0 Å². The predicted molar refractivity (Wildman–Crippen MR) is 122 cm³/mol. The van der Waals surface area contributed by atoms with Gasteiger partial charge in [0.1, 0.15) is 5.78 Å². The number of ketones is 2. The lowest BCUT2D eigenvalue weighted by molar-refractivity contribution is -0.128. The molecule has 0 spiro atoms. The third-order valence-corrected chi connectivity index (χ3v) is 7.41. The SMILES string of the molecule is Cc1ccc(CNC(=O)NCc2csc3c2CN(C2CCCC(=O)CC2=O)C3=O)cc1Cl. The molecule has 2 aliphatic rings. The van der Waals surface area contributed by atoms with E-state index in [-0.39, 0.29) is 36.5 Å². The molecule has 1 atom stereocenters. The van der Waals surface area contributed by atoms with Gasteiger partial charge in [0.15, 0.2) is 5.78 Å². The Hall–Kier alpha value is -2.71. The normalized spacial score (nSPS) is 18.5. The van der Waals surface area contributed by atoms with Gasteiger partial charge in [-0.05, 0) is 47.9 Å². The maximum Gasteiger partial charge on any atom is 0.315 e. The molecule has 32 heavy (non-hydrogen) atoms. The zero-order valence-corrected chi connectivity index (χ0v) is 19.3. The number of Topliss-reactive ketones (excluding diaryl/α,β-unsaturated/α-hetero) is 2. The van der Waals surface area contributed by atoms with Crippen LogP contribution in [0.15, 0.2) is 23.6 Å². The van der Waals surface area contributed by atoms with Crippen LogP contribution in [-0.4, -0.2) is 34.4 Å². The fourth-order valence-corrected chi connectivity index (χ4v) is 5.34. The van der Waals surface area contributed by atoms with E-state index in [0.717, 1.165) is 22.3 Å². The van der Waals surface area contributed by atoms with Gasteiger partial charge in [0.2, 0.25) is 0 Å². The molecule has 9 heteroatoms. The van der Waals surface area contributed by atoms with Gasteiger partial charge in [0, 0.05) is 36.6 Å².